The normalized spacial score (nSPS) is 11.4. The van der Waals surface area contributed by atoms with Crippen LogP contribution in [0.4, 0.5) is 4.39 Å². The van der Waals surface area contributed by atoms with Gasteiger partial charge < -0.3 is 4.57 Å². The third-order valence-corrected chi connectivity index (χ3v) is 6.34. The summed E-state index contributed by atoms with van der Waals surface area (Å²) in [6.45, 7) is 0.0588. The van der Waals surface area contributed by atoms with Crippen LogP contribution in [0.2, 0.25) is 0 Å². The molecule has 162 valence electrons. The molecule has 1 N–H and O–H groups in total. The summed E-state index contributed by atoms with van der Waals surface area (Å²) in [4.78, 5) is 17.4. The molecular weight excluding hydrogens is 607 g/mol. The minimum Gasteiger partial charge on any atom is -0.318 e. The summed E-state index contributed by atoms with van der Waals surface area (Å²) >= 11 is 10.1. The molecule has 0 fully saturated rings. The summed E-state index contributed by atoms with van der Waals surface area (Å²) in [7, 11) is 0. The molecule has 3 aromatic carbocycles. The van der Waals surface area contributed by atoms with Crippen LogP contribution < -0.4 is 5.43 Å². The Morgan fingerprint density at radius 2 is 1.78 bits per heavy atom. The number of fused-ring (bicyclic) bond motifs is 1. The molecule has 9 heteroatoms. The van der Waals surface area contributed by atoms with Crippen molar-refractivity contribution in [3.05, 3.63) is 96.9 Å². The number of amides is 1. The lowest BCUT2D eigenvalue weighted by atomic mass is 10.1. The topological polar surface area (TPSA) is 59.3 Å². The number of nitrogens with one attached hydrogen (secondary N) is 1. The van der Waals surface area contributed by atoms with E-state index >= 15 is 0 Å². The largest absolute Gasteiger partial charge is 0.318 e. The van der Waals surface area contributed by atoms with E-state index in [1.807, 2.05) is 47.0 Å². The summed E-state index contributed by atoms with van der Waals surface area (Å²) in [5.41, 5.74) is 5.95. The third kappa shape index (κ3) is 5.51. The van der Waals surface area contributed by atoms with Gasteiger partial charge in [0.1, 0.15) is 18.2 Å². The van der Waals surface area contributed by atoms with Crippen LogP contribution in [0.1, 0.15) is 17.0 Å². The fourth-order valence-corrected chi connectivity index (χ4v) is 4.20. The van der Waals surface area contributed by atoms with Gasteiger partial charge in [-0.1, -0.05) is 50.1 Å². The Morgan fingerprint density at radius 3 is 2.53 bits per heavy atom. The minimum absolute atomic E-state index is 0.0588. The first-order valence-electron chi connectivity index (χ1n) is 9.55. The van der Waals surface area contributed by atoms with E-state index in [-0.39, 0.29) is 18.3 Å². The first-order chi connectivity index (χ1) is 15.4. The molecule has 0 unspecified atom stereocenters. The highest BCUT2D eigenvalue weighted by Crippen LogP contribution is 2.23. The quantitative estimate of drug-likeness (QED) is 0.206. The Balaban J connectivity index is 1.55. The second-order valence-corrected chi connectivity index (χ2v) is 9.70. The first-order valence-corrected chi connectivity index (χ1v) is 11.9. The Kier molecular flexibility index (Phi) is 7.17. The number of aromatic nitrogens is 2. The standard InChI is InChI=1S/C23H16Br3FN4O/c24-16-4-1-14(2-5-16)10-22-29-20-8-6-17(25)11-21(20)31(22)13-23(32)30-28-12-15-3-7-19(27)18(26)9-15/h1-9,11-12H,10,13H2,(H,30,32)/b28-12+. The molecule has 0 aliphatic heterocycles. The van der Waals surface area contributed by atoms with Crippen LogP contribution in [0.25, 0.3) is 11.0 Å². The molecular formula is C23H16Br3FN4O. The molecule has 1 aromatic heterocycles. The van der Waals surface area contributed by atoms with Gasteiger partial charge in [-0.2, -0.15) is 5.10 Å². The van der Waals surface area contributed by atoms with E-state index in [9.17, 15) is 9.18 Å². The summed E-state index contributed by atoms with van der Waals surface area (Å²) in [5, 5.41) is 4.00. The van der Waals surface area contributed by atoms with Crippen molar-refractivity contribution in [1.29, 1.82) is 0 Å². The van der Waals surface area contributed by atoms with Crippen LogP contribution in [0.5, 0.6) is 0 Å². The molecule has 0 aliphatic carbocycles. The van der Waals surface area contributed by atoms with E-state index in [2.05, 4.69) is 58.3 Å². The monoisotopic (exact) mass is 620 g/mol. The van der Waals surface area contributed by atoms with Crippen molar-refractivity contribution >= 4 is 70.9 Å². The van der Waals surface area contributed by atoms with E-state index in [1.54, 1.807) is 12.1 Å². The predicted octanol–water partition coefficient (Wildman–Crippen LogP) is 6.20. The summed E-state index contributed by atoms with van der Waals surface area (Å²) in [6.07, 6.45) is 2.05. The number of rotatable bonds is 6. The van der Waals surface area contributed by atoms with Gasteiger partial charge in [-0.3, -0.25) is 4.79 Å². The van der Waals surface area contributed by atoms with Crippen LogP contribution in [-0.2, 0) is 17.8 Å². The number of hydrogen-bond donors (Lipinski definition) is 1. The Labute approximate surface area is 209 Å². The van der Waals surface area contributed by atoms with Crippen molar-refractivity contribution in [3.8, 4) is 0 Å². The number of imidazole rings is 1. The minimum atomic E-state index is -0.359. The van der Waals surface area contributed by atoms with Gasteiger partial charge in [-0.25, -0.2) is 14.8 Å². The molecule has 1 heterocycles. The lowest BCUT2D eigenvalue weighted by molar-refractivity contribution is -0.121. The highest BCUT2D eigenvalue weighted by atomic mass is 79.9. The van der Waals surface area contributed by atoms with Gasteiger partial charge in [0.2, 0.25) is 0 Å². The number of nitrogens with zero attached hydrogens (tertiary/aromatic N) is 3. The SMILES string of the molecule is O=C(Cn1c(Cc2ccc(Br)cc2)nc2ccc(Br)cc21)N/N=C/c1ccc(F)c(Br)c1. The number of carbonyl (C=O) groups is 1. The van der Waals surface area contributed by atoms with Crippen LogP contribution >= 0.6 is 47.8 Å². The summed E-state index contributed by atoms with van der Waals surface area (Å²) in [6, 6.07) is 18.3. The van der Waals surface area contributed by atoms with Crippen molar-refractivity contribution in [2.45, 2.75) is 13.0 Å². The zero-order valence-electron chi connectivity index (χ0n) is 16.5. The lowest BCUT2D eigenvalue weighted by Crippen LogP contribution is -2.24. The average molecular weight is 623 g/mol. The van der Waals surface area contributed by atoms with Gasteiger partial charge in [0.05, 0.1) is 21.7 Å². The van der Waals surface area contributed by atoms with Crippen LogP contribution in [0.3, 0.4) is 0 Å². The molecule has 0 aliphatic rings. The molecule has 32 heavy (non-hydrogen) atoms. The van der Waals surface area contributed by atoms with E-state index in [1.165, 1.54) is 12.3 Å². The zero-order valence-corrected chi connectivity index (χ0v) is 21.3. The summed E-state index contributed by atoms with van der Waals surface area (Å²) < 4.78 is 17.5. The predicted molar refractivity (Wildman–Crippen MR) is 134 cm³/mol. The molecule has 0 bridgehead atoms. The third-order valence-electron chi connectivity index (χ3n) is 4.71. The molecule has 5 nitrogen and oxygen atoms in total. The van der Waals surface area contributed by atoms with E-state index in [0.29, 0.717) is 16.5 Å². The van der Waals surface area contributed by atoms with Gasteiger partial charge in [-0.15, -0.1) is 0 Å². The highest BCUT2D eigenvalue weighted by molar-refractivity contribution is 9.11. The molecule has 0 radical (unpaired) electrons. The maximum atomic E-state index is 13.4. The second kappa shape index (κ2) is 10.1. The maximum absolute atomic E-state index is 13.4. The van der Waals surface area contributed by atoms with Crippen molar-refractivity contribution in [2.75, 3.05) is 0 Å². The fourth-order valence-electron chi connectivity index (χ4n) is 3.19. The molecule has 0 saturated heterocycles. The average Bonchev–Trinajstić information content (AvgIpc) is 3.08. The Hall–Kier alpha value is -2.36. The van der Waals surface area contributed by atoms with Crippen molar-refractivity contribution in [1.82, 2.24) is 15.0 Å². The van der Waals surface area contributed by atoms with Crippen LogP contribution in [0, 0.1) is 5.82 Å². The van der Waals surface area contributed by atoms with Crippen molar-refractivity contribution < 1.29 is 9.18 Å². The number of carbonyl (C=O) groups excluding carboxylic acids is 1. The maximum Gasteiger partial charge on any atom is 0.260 e. The van der Waals surface area contributed by atoms with E-state index < -0.39 is 0 Å². The number of halogens is 4. The molecule has 1 amide bonds. The highest BCUT2D eigenvalue weighted by Gasteiger charge is 2.14. The van der Waals surface area contributed by atoms with Gasteiger partial charge in [0.25, 0.3) is 5.91 Å². The van der Waals surface area contributed by atoms with Gasteiger partial charge in [-0.05, 0) is 69.5 Å². The number of benzene rings is 3. The van der Waals surface area contributed by atoms with Gasteiger partial charge in [0.15, 0.2) is 0 Å². The Morgan fingerprint density at radius 1 is 1.03 bits per heavy atom. The molecule has 4 aromatic rings. The number of hydrazone groups is 1. The molecule has 0 atom stereocenters. The number of hydrogen-bond acceptors (Lipinski definition) is 3. The Bertz CT molecular complexity index is 1320. The summed E-state index contributed by atoms with van der Waals surface area (Å²) in [5.74, 6) is 0.128. The van der Waals surface area contributed by atoms with Crippen molar-refractivity contribution in [2.24, 2.45) is 5.10 Å². The molecule has 4 rings (SSSR count). The zero-order chi connectivity index (χ0) is 22.7. The van der Waals surface area contributed by atoms with Crippen LogP contribution in [-0.4, -0.2) is 21.7 Å². The van der Waals surface area contributed by atoms with E-state index in [4.69, 9.17) is 4.98 Å². The fraction of sp³-hybridized carbons (Fsp3) is 0.0870. The molecule has 0 saturated carbocycles. The smallest absolute Gasteiger partial charge is 0.260 e. The second-order valence-electron chi connectivity index (χ2n) is 7.02. The lowest BCUT2D eigenvalue weighted by Gasteiger charge is -2.09. The first kappa shape index (κ1) is 22.8. The molecule has 0 spiro atoms. The van der Waals surface area contributed by atoms with E-state index in [0.717, 1.165) is 31.4 Å². The van der Waals surface area contributed by atoms with Crippen molar-refractivity contribution in [3.63, 3.8) is 0 Å². The van der Waals surface area contributed by atoms with Gasteiger partial charge in [0, 0.05) is 15.4 Å². The van der Waals surface area contributed by atoms with Gasteiger partial charge >= 0.3 is 0 Å². The van der Waals surface area contributed by atoms with Crippen LogP contribution in [0.15, 0.2) is 79.2 Å².